The van der Waals surface area contributed by atoms with Crippen LogP contribution in [0.2, 0.25) is 0 Å². The second-order valence-electron chi connectivity index (χ2n) is 5.13. The van der Waals surface area contributed by atoms with Gasteiger partial charge in [0.05, 0.1) is 7.11 Å². The third-order valence-corrected chi connectivity index (χ3v) is 3.65. The molecule has 92 valence electrons. The van der Waals surface area contributed by atoms with Crippen LogP contribution in [0.3, 0.4) is 0 Å². The lowest BCUT2D eigenvalue weighted by atomic mass is 10.1. The molecule has 2 aliphatic carbocycles. The zero-order valence-corrected chi connectivity index (χ0v) is 10.4. The minimum atomic E-state index is -0.00879. The normalized spacial score (nSPS) is 22.2. The van der Waals surface area contributed by atoms with E-state index in [2.05, 4.69) is 11.8 Å². The number of unbranched alkanes of at least 4 members (excludes halogenated alkanes) is 1. The van der Waals surface area contributed by atoms with Crippen LogP contribution in [0.5, 0.6) is 0 Å². The smallest absolute Gasteiger partial charge is 0.323 e. The lowest BCUT2D eigenvalue weighted by Crippen LogP contribution is -2.45. The number of hydrogen-bond donors (Lipinski definition) is 0. The summed E-state index contributed by atoms with van der Waals surface area (Å²) in [6, 6.07) is 0.722. The molecule has 0 spiro atoms. The topological polar surface area (TPSA) is 29.5 Å². The first-order valence-corrected chi connectivity index (χ1v) is 6.61. The summed E-state index contributed by atoms with van der Waals surface area (Å²) >= 11 is 0. The van der Waals surface area contributed by atoms with Gasteiger partial charge < -0.3 is 4.74 Å². The molecule has 0 bridgehead atoms. The third-order valence-electron chi connectivity index (χ3n) is 3.65. The molecule has 3 nitrogen and oxygen atoms in total. The number of rotatable bonds is 7. The standard InChI is InChI=1S/C13H23NO2/c1-3-4-9-14(11-7-8-11)12(10-5-6-10)13(15)16-2/h10-12H,3-9H2,1-2H3. The van der Waals surface area contributed by atoms with E-state index in [1.54, 1.807) is 0 Å². The van der Waals surface area contributed by atoms with Gasteiger partial charge in [-0.05, 0) is 44.6 Å². The van der Waals surface area contributed by atoms with E-state index in [-0.39, 0.29) is 12.0 Å². The van der Waals surface area contributed by atoms with E-state index < -0.39 is 0 Å². The Labute approximate surface area is 98.1 Å². The summed E-state index contributed by atoms with van der Waals surface area (Å²) < 4.78 is 4.97. The highest BCUT2D eigenvalue weighted by atomic mass is 16.5. The monoisotopic (exact) mass is 225 g/mol. The van der Waals surface area contributed by atoms with Crippen LogP contribution in [0.4, 0.5) is 0 Å². The Hall–Kier alpha value is -0.570. The van der Waals surface area contributed by atoms with Gasteiger partial charge in [0.15, 0.2) is 0 Å². The molecule has 0 aromatic heterocycles. The zero-order chi connectivity index (χ0) is 11.5. The number of nitrogens with zero attached hydrogens (tertiary/aromatic N) is 1. The first-order valence-electron chi connectivity index (χ1n) is 6.61. The van der Waals surface area contributed by atoms with Crippen molar-refractivity contribution in [1.29, 1.82) is 0 Å². The average molecular weight is 225 g/mol. The summed E-state index contributed by atoms with van der Waals surface area (Å²) in [6.07, 6.45) is 7.33. The molecule has 16 heavy (non-hydrogen) atoms. The number of carbonyl (C=O) groups is 1. The van der Waals surface area contributed by atoms with Gasteiger partial charge in [0, 0.05) is 6.04 Å². The fourth-order valence-corrected chi connectivity index (χ4v) is 2.43. The Balaban J connectivity index is 1.98. The Morgan fingerprint density at radius 3 is 2.50 bits per heavy atom. The maximum absolute atomic E-state index is 11.9. The minimum absolute atomic E-state index is 0.00879. The van der Waals surface area contributed by atoms with E-state index in [1.807, 2.05) is 0 Å². The van der Waals surface area contributed by atoms with Gasteiger partial charge in [0.25, 0.3) is 0 Å². The van der Waals surface area contributed by atoms with Crippen molar-refractivity contribution in [3.63, 3.8) is 0 Å². The largest absolute Gasteiger partial charge is 0.468 e. The van der Waals surface area contributed by atoms with E-state index in [1.165, 1.54) is 45.6 Å². The predicted molar refractivity (Wildman–Crippen MR) is 63.2 cm³/mol. The molecule has 2 aliphatic rings. The van der Waals surface area contributed by atoms with Crippen LogP contribution in [-0.4, -0.2) is 36.6 Å². The third kappa shape index (κ3) is 2.76. The van der Waals surface area contributed by atoms with Gasteiger partial charge >= 0.3 is 5.97 Å². The van der Waals surface area contributed by atoms with Gasteiger partial charge in [-0.15, -0.1) is 0 Å². The highest BCUT2D eigenvalue weighted by Crippen LogP contribution is 2.40. The molecule has 0 aromatic carbocycles. The number of methoxy groups -OCH3 is 1. The van der Waals surface area contributed by atoms with Crippen LogP contribution in [0.1, 0.15) is 45.4 Å². The summed E-state index contributed by atoms with van der Waals surface area (Å²) in [5, 5.41) is 0. The molecule has 0 amide bonds. The molecule has 1 unspecified atom stereocenters. The van der Waals surface area contributed by atoms with Crippen molar-refractivity contribution in [3.8, 4) is 0 Å². The minimum Gasteiger partial charge on any atom is -0.468 e. The fourth-order valence-electron chi connectivity index (χ4n) is 2.43. The summed E-state index contributed by atoms with van der Waals surface area (Å²) in [5.41, 5.74) is 0. The predicted octanol–water partition coefficient (Wildman–Crippen LogP) is 2.20. The van der Waals surface area contributed by atoms with E-state index in [9.17, 15) is 4.79 Å². The summed E-state index contributed by atoms with van der Waals surface area (Å²) in [6.45, 7) is 3.27. The lowest BCUT2D eigenvalue weighted by molar-refractivity contribution is -0.148. The maximum atomic E-state index is 11.9. The van der Waals surface area contributed by atoms with Crippen molar-refractivity contribution in [2.24, 2.45) is 5.92 Å². The highest BCUT2D eigenvalue weighted by molar-refractivity contribution is 5.76. The molecule has 0 aromatic rings. The van der Waals surface area contributed by atoms with Crippen LogP contribution in [0.15, 0.2) is 0 Å². The number of esters is 1. The highest BCUT2D eigenvalue weighted by Gasteiger charge is 2.45. The molecule has 1 atom stereocenters. The summed E-state index contributed by atoms with van der Waals surface area (Å²) in [4.78, 5) is 14.3. The second kappa shape index (κ2) is 5.17. The van der Waals surface area contributed by atoms with Crippen molar-refractivity contribution in [3.05, 3.63) is 0 Å². The van der Waals surface area contributed by atoms with Gasteiger partial charge in [-0.1, -0.05) is 13.3 Å². The molecule has 3 heteroatoms. The molecule has 0 heterocycles. The van der Waals surface area contributed by atoms with Crippen LogP contribution in [0, 0.1) is 5.92 Å². The molecular formula is C13H23NO2. The van der Waals surface area contributed by atoms with E-state index in [0.29, 0.717) is 12.0 Å². The molecular weight excluding hydrogens is 202 g/mol. The Morgan fingerprint density at radius 1 is 1.38 bits per heavy atom. The van der Waals surface area contributed by atoms with Crippen molar-refractivity contribution in [2.45, 2.75) is 57.5 Å². The Morgan fingerprint density at radius 2 is 2.06 bits per heavy atom. The number of hydrogen-bond acceptors (Lipinski definition) is 3. The zero-order valence-electron chi connectivity index (χ0n) is 10.4. The van der Waals surface area contributed by atoms with Crippen molar-refractivity contribution >= 4 is 5.97 Å². The number of ether oxygens (including phenoxy) is 1. The first-order chi connectivity index (χ1) is 7.77. The van der Waals surface area contributed by atoms with Crippen LogP contribution < -0.4 is 0 Å². The molecule has 2 rings (SSSR count). The van der Waals surface area contributed by atoms with Gasteiger partial charge in [-0.25, -0.2) is 0 Å². The molecule has 0 radical (unpaired) electrons. The molecule has 2 fully saturated rings. The van der Waals surface area contributed by atoms with Gasteiger partial charge in [-0.3, -0.25) is 9.69 Å². The maximum Gasteiger partial charge on any atom is 0.323 e. The van der Waals surface area contributed by atoms with Gasteiger partial charge in [0.1, 0.15) is 6.04 Å². The van der Waals surface area contributed by atoms with Crippen molar-refractivity contribution < 1.29 is 9.53 Å². The van der Waals surface area contributed by atoms with E-state index in [0.717, 1.165) is 6.54 Å². The average Bonchev–Trinajstić information content (AvgIpc) is 3.15. The van der Waals surface area contributed by atoms with Gasteiger partial charge in [-0.2, -0.15) is 0 Å². The van der Waals surface area contributed by atoms with Crippen molar-refractivity contribution in [2.75, 3.05) is 13.7 Å². The molecule has 0 saturated heterocycles. The summed E-state index contributed by atoms with van der Waals surface area (Å²) in [7, 11) is 1.52. The van der Waals surface area contributed by atoms with E-state index in [4.69, 9.17) is 4.74 Å². The lowest BCUT2D eigenvalue weighted by Gasteiger charge is -2.29. The fraction of sp³-hybridized carbons (Fsp3) is 0.923. The Kier molecular flexibility index (Phi) is 3.85. The van der Waals surface area contributed by atoms with Gasteiger partial charge in [0.2, 0.25) is 0 Å². The summed E-state index contributed by atoms with van der Waals surface area (Å²) in [5.74, 6) is 0.565. The van der Waals surface area contributed by atoms with Crippen LogP contribution in [0.25, 0.3) is 0 Å². The molecule has 0 aliphatic heterocycles. The van der Waals surface area contributed by atoms with Crippen molar-refractivity contribution in [1.82, 2.24) is 4.90 Å². The van der Waals surface area contributed by atoms with Crippen LogP contribution >= 0.6 is 0 Å². The molecule has 2 saturated carbocycles. The molecule has 0 N–H and O–H groups in total. The van der Waals surface area contributed by atoms with Crippen LogP contribution in [-0.2, 0) is 9.53 Å². The Bertz CT molecular complexity index is 246. The first kappa shape index (κ1) is 11.9. The SMILES string of the molecule is CCCCN(C1CC1)C(C(=O)OC)C1CC1. The second-order valence-corrected chi connectivity index (χ2v) is 5.13. The number of carbonyl (C=O) groups excluding carboxylic acids is 1. The van der Waals surface area contributed by atoms with E-state index >= 15 is 0 Å². The quantitative estimate of drug-likeness (QED) is 0.622.